The molecule has 1 amide bonds. The summed E-state index contributed by atoms with van der Waals surface area (Å²) in [5.74, 6) is -3.81. The zero-order valence-corrected chi connectivity index (χ0v) is 38.8. The van der Waals surface area contributed by atoms with Gasteiger partial charge in [0.2, 0.25) is 0 Å². The fourth-order valence-corrected chi connectivity index (χ4v) is 10.1. The van der Waals surface area contributed by atoms with Gasteiger partial charge in [0, 0.05) is 49.5 Å². The number of amides is 1. The Hall–Kier alpha value is -3.67. The second-order valence-corrected chi connectivity index (χ2v) is 18.9. The molecule has 16 heteroatoms. The highest BCUT2D eigenvalue weighted by Gasteiger charge is 2.55. The molecule has 2 aromatic rings. The number of aromatic nitrogens is 3. The van der Waals surface area contributed by atoms with Crippen molar-refractivity contribution in [2.24, 2.45) is 23.7 Å². The van der Waals surface area contributed by atoms with Crippen LogP contribution >= 0.6 is 0 Å². The highest BCUT2D eigenvalue weighted by Crippen LogP contribution is 2.40. The van der Waals surface area contributed by atoms with Crippen LogP contribution in [0.25, 0.3) is 11.3 Å². The van der Waals surface area contributed by atoms with E-state index in [9.17, 15) is 24.6 Å². The summed E-state index contributed by atoms with van der Waals surface area (Å²) in [7, 11) is 1.57. The number of aliphatic carboxylic acids is 1. The number of unbranched alkanes of at least 4 members (excludes halogenated alkanes) is 1. The van der Waals surface area contributed by atoms with Gasteiger partial charge in [0.1, 0.15) is 23.3 Å². The summed E-state index contributed by atoms with van der Waals surface area (Å²) >= 11 is 0. The molecule has 1 aromatic heterocycles. The summed E-state index contributed by atoms with van der Waals surface area (Å²) in [4.78, 5) is 43.6. The van der Waals surface area contributed by atoms with Gasteiger partial charge in [-0.25, -0.2) is 4.79 Å². The second-order valence-electron chi connectivity index (χ2n) is 18.9. The molecule has 0 spiro atoms. The van der Waals surface area contributed by atoms with E-state index >= 15 is 0 Å². The van der Waals surface area contributed by atoms with Gasteiger partial charge in [-0.1, -0.05) is 45.0 Å². The molecule has 16 nitrogen and oxygen atoms in total. The first-order chi connectivity index (χ1) is 29.3. The van der Waals surface area contributed by atoms with Gasteiger partial charge in [0.25, 0.3) is 0 Å². The van der Waals surface area contributed by atoms with Crippen molar-refractivity contribution in [1.82, 2.24) is 30.1 Å². The third-order valence-corrected chi connectivity index (χ3v) is 14.1. The van der Waals surface area contributed by atoms with E-state index in [2.05, 4.69) is 48.2 Å². The Morgan fingerprint density at radius 1 is 1.13 bits per heavy atom. The number of aliphatic hydroxyl groups is 1. The number of benzene rings is 1. The van der Waals surface area contributed by atoms with Crippen LogP contribution in [0.4, 0.5) is 10.5 Å². The standard InChI is InChI=1S/C46H75N7O9/c1-11-29(3)46(9)40(53(44(58)62-46)22-15-14-21-52-27-36(49-50-52)34-17-16-18-35(47)24-34)33(7)48-26-28(2)25-45(8,59-10)41(31(5)38(54)32(6)42(56)57)61-43-39(55)37(23-30(4)60-43)51-19-12-13-20-51/h16-18,24,27-33,37,39-41,43,48,55H,11-15,19-23,25-26,47H2,1-10H3,(H,56,57)/t28-,29-,30?,31+,32-,33-,37?,39?,40-,41-,43+,45-,46-/m1/s1. The van der Waals surface area contributed by atoms with Gasteiger partial charge in [-0.2, -0.15) is 0 Å². The number of nitrogens with one attached hydrogen (secondary N) is 1. The van der Waals surface area contributed by atoms with Crippen LogP contribution in [0.2, 0.25) is 0 Å². The van der Waals surface area contributed by atoms with Crippen molar-refractivity contribution in [2.45, 2.75) is 168 Å². The molecule has 3 aliphatic rings. The number of nitrogens with two attached hydrogens (primary N) is 1. The smallest absolute Gasteiger partial charge is 0.410 e. The van der Waals surface area contributed by atoms with Crippen molar-refractivity contribution in [3.63, 3.8) is 0 Å². The number of carbonyl (C=O) groups excluding carboxylic acids is 2. The highest BCUT2D eigenvalue weighted by molar-refractivity contribution is 5.99. The Morgan fingerprint density at radius 2 is 1.82 bits per heavy atom. The first-order valence-corrected chi connectivity index (χ1v) is 22.9. The number of hydrogen-bond donors (Lipinski definition) is 4. The summed E-state index contributed by atoms with van der Waals surface area (Å²) < 4.78 is 27.2. The molecule has 62 heavy (non-hydrogen) atoms. The van der Waals surface area contributed by atoms with Gasteiger partial charge in [-0.05, 0) is 123 Å². The van der Waals surface area contributed by atoms with Gasteiger partial charge < -0.3 is 40.2 Å². The quantitative estimate of drug-likeness (QED) is 0.0609. The van der Waals surface area contributed by atoms with Crippen LogP contribution in [0.3, 0.4) is 0 Å². The van der Waals surface area contributed by atoms with E-state index in [0.29, 0.717) is 38.2 Å². The molecule has 1 aromatic carbocycles. The topological polar surface area (TPSA) is 204 Å². The minimum absolute atomic E-state index is 0.0394. The number of aliphatic hydroxyl groups excluding tert-OH is 1. The Kier molecular flexibility index (Phi) is 17.0. The minimum Gasteiger partial charge on any atom is -0.481 e. The van der Waals surface area contributed by atoms with Crippen LogP contribution in [0.15, 0.2) is 30.5 Å². The van der Waals surface area contributed by atoms with Crippen molar-refractivity contribution in [1.29, 1.82) is 0 Å². The normalized spacial score (nSPS) is 28.5. The first-order valence-electron chi connectivity index (χ1n) is 22.9. The van der Waals surface area contributed by atoms with Gasteiger partial charge in [0.05, 0.1) is 30.0 Å². The number of ether oxygens (including phenoxy) is 4. The number of rotatable bonds is 23. The van der Waals surface area contributed by atoms with Gasteiger partial charge in [-0.3, -0.25) is 24.1 Å². The molecule has 0 aliphatic carbocycles. The number of aryl methyl sites for hydroxylation is 1. The molecule has 3 saturated heterocycles. The third kappa shape index (κ3) is 11.3. The van der Waals surface area contributed by atoms with Crippen molar-refractivity contribution >= 4 is 23.5 Å². The lowest BCUT2D eigenvalue weighted by Crippen LogP contribution is -2.60. The lowest BCUT2D eigenvalue weighted by molar-refractivity contribution is -0.296. The minimum atomic E-state index is -1.26. The number of anilines is 1. The van der Waals surface area contributed by atoms with Gasteiger partial charge >= 0.3 is 12.1 Å². The molecule has 3 aliphatic heterocycles. The molecular weight excluding hydrogens is 795 g/mol. The van der Waals surface area contributed by atoms with E-state index < -0.39 is 53.3 Å². The number of carboxylic acid groups (broad SMARTS) is 1. The maximum Gasteiger partial charge on any atom is 0.410 e. The average Bonchev–Trinajstić information content (AvgIpc) is 4.01. The number of hydrogen-bond acceptors (Lipinski definition) is 13. The first kappa shape index (κ1) is 49.3. The molecule has 0 radical (unpaired) electrons. The summed E-state index contributed by atoms with van der Waals surface area (Å²) in [6.45, 7) is 20.8. The molecule has 5 N–H and O–H groups in total. The monoisotopic (exact) mass is 870 g/mol. The maximum absolute atomic E-state index is 13.7. The molecule has 348 valence electrons. The molecule has 5 rings (SSSR count). The second kappa shape index (κ2) is 21.3. The number of methoxy groups -OCH3 is 1. The van der Waals surface area contributed by atoms with E-state index in [1.165, 1.54) is 6.92 Å². The number of Topliss-reactive ketones (excluding diaryl/α,β-unsaturated/α-hetero) is 1. The molecule has 3 unspecified atom stereocenters. The van der Waals surface area contributed by atoms with E-state index in [1.807, 2.05) is 60.8 Å². The van der Waals surface area contributed by atoms with Crippen LogP contribution < -0.4 is 11.1 Å². The van der Waals surface area contributed by atoms with E-state index in [1.54, 1.807) is 14.0 Å². The van der Waals surface area contributed by atoms with Gasteiger partial charge in [-0.15, -0.1) is 5.10 Å². The van der Waals surface area contributed by atoms with E-state index in [4.69, 9.17) is 24.7 Å². The van der Waals surface area contributed by atoms with Crippen LogP contribution in [0, 0.1) is 23.7 Å². The molecule has 3 fully saturated rings. The van der Waals surface area contributed by atoms with Crippen molar-refractivity contribution in [3.05, 3.63) is 30.5 Å². The van der Waals surface area contributed by atoms with Crippen LogP contribution in [0.1, 0.15) is 107 Å². The summed E-state index contributed by atoms with van der Waals surface area (Å²) in [5, 5.41) is 33.9. The molecular formula is C46H75N7O9. The number of carbonyl (C=O) groups is 3. The third-order valence-electron chi connectivity index (χ3n) is 14.1. The largest absolute Gasteiger partial charge is 0.481 e. The fourth-order valence-electron chi connectivity index (χ4n) is 10.1. The Balaban J connectivity index is 1.27. The molecule has 4 heterocycles. The Morgan fingerprint density at radius 3 is 2.47 bits per heavy atom. The van der Waals surface area contributed by atoms with Crippen molar-refractivity contribution < 1.29 is 43.5 Å². The summed E-state index contributed by atoms with van der Waals surface area (Å²) in [6, 6.07) is 6.97. The lowest BCUT2D eigenvalue weighted by Gasteiger charge is -2.47. The Labute approximate surface area is 368 Å². The van der Waals surface area contributed by atoms with E-state index in [0.717, 1.165) is 56.5 Å². The SMILES string of the molecule is CC[C@@H](C)[C@@]1(C)OC(=O)N(CCCCn2cc(-c3cccc(N)c3)nn2)[C@@H]1[C@@H](C)NC[C@H](C)C[C@@](C)(OC)[C@H](O[C@@H]1OC(C)CC(N2CCCC2)C1O)[C@@H](C)C(=O)[C@@H](C)C(=O)O. The predicted molar refractivity (Wildman–Crippen MR) is 236 cm³/mol. The summed E-state index contributed by atoms with van der Waals surface area (Å²) in [5.41, 5.74) is 6.46. The fraction of sp³-hybridized carbons (Fsp3) is 0.761. The number of nitrogens with zero attached hydrogens (tertiary/aromatic N) is 5. The summed E-state index contributed by atoms with van der Waals surface area (Å²) in [6.07, 6.45) is 3.98. The number of nitrogen functional groups attached to an aromatic ring is 1. The number of ketones is 1. The lowest BCUT2D eigenvalue weighted by atomic mass is 9.78. The molecule has 13 atom stereocenters. The van der Waals surface area contributed by atoms with E-state index in [-0.39, 0.29) is 42.2 Å². The zero-order valence-electron chi connectivity index (χ0n) is 38.8. The van der Waals surface area contributed by atoms with Crippen molar-refractivity contribution in [3.8, 4) is 11.3 Å². The number of likely N-dealkylation sites (tertiary alicyclic amines) is 1. The van der Waals surface area contributed by atoms with Crippen LogP contribution in [-0.4, -0.2) is 140 Å². The predicted octanol–water partition coefficient (Wildman–Crippen LogP) is 5.61. The highest BCUT2D eigenvalue weighted by atomic mass is 16.7. The van der Waals surface area contributed by atoms with Gasteiger partial charge in [0.15, 0.2) is 12.1 Å². The Bertz CT molecular complexity index is 1790. The van der Waals surface area contributed by atoms with Crippen LogP contribution in [0.5, 0.6) is 0 Å². The number of carboxylic acids is 1. The maximum atomic E-state index is 13.7. The average molecular weight is 870 g/mol. The molecule has 0 bridgehead atoms. The molecule has 0 saturated carbocycles. The van der Waals surface area contributed by atoms with Crippen molar-refractivity contribution in [2.75, 3.05) is 39.0 Å². The number of cyclic esters (lactones) is 1. The van der Waals surface area contributed by atoms with Crippen LogP contribution in [-0.2, 0) is 35.1 Å². The zero-order chi connectivity index (χ0) is 45.5.